The molecule has 0 saturated heterocycles. The van der Waals surface area contributed by atoms with Crippen molar-refractivity contribution in [2.45, 2.75) is 57.0 Å². The summed E-state index contributed by atoms with van der Waals surface area (Å²) in [6.45, 7) is 0.850. The molecule has 4 heteroatoms. The summed E-state index contributed by atoms with van der Waals surface area (Å²) >= 11 is 0. The Kier molecular flexibility index (Phi) is 3.90. The summed E-state index contributed by atoms with van der Waals surface area (Å²) in [5.41, 5.74) is 2.81. The van der Waals surface area contributed by atoms with E-state index in [9.17, 15) is 4.79 Å². The van der Waals surface area contributed by atoms with E-state index in [1.54, 1.807) is 0 Å². The predicted molar refractivity (Wildman–Crippen MR) is 89.2 cm³/mol. The van der Waals surface area contributed by atoms with E-state index in [0.717, 1.165) is 38.1 Å². The van der Waals surface area contributed by atoms with E-state index in [-0.39, 0.29) is 11.9 Å². The molecule has 2 atom stereocenters. The zero-order valence-corrected chi connectivity index (χ0v) is 13.4. The number of nitrogens with zero attached hydrogens (tertiary/aromatic N) is 2. The molecule has 0 bridgehead atoms. The van der Waals surface area contributed by atoms with Crippen LogP contribution in [0.25, 0.3) is 0 Å². The van der Waals surface area contributed by atoms with Crippen LogP contribution in [-0.2, 0) is 24.2 Å². The summed E-state index contributed by atoms with van der Waals surface area (Å²) in [6, 6.07) is 8.84. The van der Waals surface area contributed by atoms with Crippen LogP contribution in [0.2, 0.25) is 0 Å². The summed E-state index contributed by atoms with van der Waals surface area (Å²) < 4.78 is 2.16. The molecule has 1 amide bonds. The number of hydrogen-bond donors (Lipinski definition) is 1. The van der Waals surface area contributed by atoms with Crippen molar-refractivity contribution in [1.29, 1.82) is 0 Å². The van der Waals surface area contributed by atoms with E-state index in [1.807, 2.05) is 12.4 Å². The van der Waals surface area contributed by atoms with Crippen molar-refractivity contribution in [1.82, 2.24) is 14.9 Å². The van der Waals surface area contributed by atoms with Gasteiger partial charge in [0, 0.05) is 37.8 Å². The van der Waals surface area contributed by atoms with Gasteiger partial charge in [0.2, 0.25) is 5.91 Å². The van der Waals surface area contributed by atoms with Gasteiger partial charge in [0.15, 0.2) is 0 Å². The van der Waals surface area contributed by atoms with Gasteiger partial charge in [-0.25, -0.2) is 4.98 Å². The van der Waals surface area contributed by atoms with Gasteiger partial charge in [0.25, 0.3) is 0 Å². The molecule has 1 aromatic carbocycles. The molecule has 23 heavy (non-hydrogen) atoms. The lowest BCUT2D eigenvalue weighted by Crippen LogP contribution is -2.41. The third-order valence-electron chi connectivity index (χ3n) is 5.23. The fourth-order valence-corrected chi connectivity index (χ4v) is 4.06. The quantitative estimate of drug-likeness (QED) is 0.947. The molecule has 4 nitrogen and oxygen atoms in total. The Morgan fingerprint density at radius 1 is 1.26 bits per heavy atom. The fourth-order valence-electron chi connectivity index (χ4n) is 4.06. The number of nitrogens with one attached hydrogen (secondary N) is 1. The molecular formula is C19H23N3O. The van der Waals surface area contributed by atoms with Crippen molar-refractivity contribution >= 4 is 5.91 Å². The molecule has 1 aliphatic heterocycles. The van der Waals surface area contributed by atoms with Crippen LogP contribution in [0.3, 0.4) is 0 Å². The van der Waals surface area contributed by atoms with Crippen molar-refractivity contribution in [3.8, 4) is 0 Å². The first kappa shape index (κ1) is 14.5. The predicted octanol–water partition coefficient (Wildman–Crippen LogP) is 2.82. The maximum Gasteiger partial charge on any atom is 0.220 e. The number of aryl methyl sites for hydroxylation is 2. The van der Waals surface area contributed by atoms with E-state index in [4.69, 9.17) is 0 Å². The van der Waals surface area contributed by atoms with Crippen molar-refractivity contribution < 1.29 is 4.79 Å². The van der Waals surface area contributed by atoms with Gasteiger partial charge in [-0.2, -0.15) is 0 Å². The molecule has 0 radical (unpaired) electrons. The number of rotatable bonds is 3. The molecule has 0 unspecified atom stereocenters. The van der Waals surface area contributed by atoms with Gasteiger partial charge in [-0.1, -0.05) is 24.3 Å². The summed E-state index contributed by atoms with van der Waals surface area (Å²) in [7, 11) is 0. The first-order valence-electron chi connectivity index (χ1n) is 8.67. The van der Waals surface area contributed by atoms with Crippen LogP contribution < -0.4 is 5.32 Å². The Bertz CT molecular complexity index is 706. The molecule has 2 heterocycles. The smallest absolute Gasteiger partial charge is 0.220 e. The molecule has 1 aliphatic carbocycles. The highest BCUT2D eigenvalue weighted by atomic mass is 16.1. The number of imidazole rings is 1. The molecule has 0 spiro atoms. The number of fused-ring (bicyclic) bond motifs is 2. The van der Waals surface area contributed by atoms with Crippen molar-refractivity contribution in [2.75, 3.05) is 0 Å². The number of benzene rings is 1. The van der Waals surface area contributed by atoms with Crippen molar-refractivity contribution in [3.05, 3.63) is 53.6 Å². The average molecular weight is 309 g/mol. The zero-order chi connectivity index (χ0) is 15.6. The van der Waals surface area contributed by atoms with Crippen LogP contribution in [-0.4, -0.2) is 21.5 Å². The topological polar surface area (TPSA) is 46.9 Å². The Balaban J connectivity index is 1.38. The van der Waals surface area contributed by atoms with Gasteiger partial charge in [-0.3, -0.25) is 4.79 Å². The molecule has 0 saturated carbocycles. The van der Waals surface area contributed by atoms with E-state index in [0.29, 0.717) is 12.3 Å². The van der Waals surface area contributed by atoms with E-state index < -0.39 is 0 Å². The Hall–Kier alpha value is -2.10. The summed E-state index contributed by atoms with van der Waals surface area (Å²) in [5, 5.41) is 3.24. The number of carbonyl (C=O) groups excluding carboxylic acids is 1. The summed E-state index contributed by atoms with van der Waals surface area (Å²) in [6.07, 6.45) is 9.87. The molecule has 4 rings (SSSR count). The number of carbonyl (C=O) groups is 1. The SMILES string of the molecule is O=C(C[C@H]1CCCc2ccccc21)N[C@@H]1CCc2nccn2C1. The van der Waals surface area contributed by atoms with Crippen LogP contribution in [0.5, 0.6) is 0 Å². The second kappa shape index (κ2) is 6.19. The van der Waals surface area contributed by atoms with Crippen molar-refractivity contribution in [3.63, 3.8) is 0 Å². The van der Waals surface area contributed by atoms with Crippen LogP contribution in [0.15, 0.2) is 36.7 Å². The lowest BCUT2D eigenvalue weighted by atomic mass is 9.81. The monoisotopic (exact) mass is 309 g/mol. The standard InChI is InChI=1S/C19H23N3O/c23-19(21-16-8-9-18-20-10-11-22(18)13-16)12-15-6-3-5-14-4-1-2-7-17(14)15/h1-2,4,7,10-11,15-16H,3,5-6,8-9,12-13H2,(H,21,23)/t15-,16-/m1/s1. The van der Waals surface area contributed by atoms with Gasteiger partial charge in [-0.05, 0) is 42.7 Å². The molecular weight excluding hydrogens is 286 g/mol. The minimum Gasteiger partial charge on any atom is -0.352 e. The van der Waals surface area contributed by atoms with Gasteiger partial charge >= 0.3 is 0 Å². The van der Waals surface area contributed by atoms with E-state index >= 15 is 0 Å². The van der Waals surface area contributed by atoms with Gasteiger partial charge < -0.3 is 9.88 Å². The first-order chi connectivity index (χ1) is 11.3. The number of hydrogen-bond acceptors (Lipinski definition) is 2. The van der Waals surface area contributed by atoms with Gasteiger partial charge in [0.05, 0.1) is 0 Å². The average Bonchev–Trinajstić information content (AvgIpc) is 3.03. The molecule has 1 N–H and O–H groups in total. The number of amides is 1. The van der Waals surface area contributed by atoms with E-state index in [2.05, 4.69) is 39.1 Å². The Morgan fingerprint density at radius 3 is 3.13 bits per heavy atom. The summed E-state index contributed by atoms with van der Waals surface area (Å²) in [4.78, 5) is 16.8. The normalized spacial score (nSPS) is 23.0. The van der Waals surface area contributed by atoms with E-state index in [1.165, 1.54) is 17.5 Å². The Labute approximate surface area is 136 Å². The fraction of sp³-hybridized carbons (Fsp3) is 0.474. The summed E-state index contributed by atoms with van der Waals surface area (Å²) in [5.74, 6) is 1.71. The highest BCUT2D eigenvalue weighted by Gasteiger charge is 2.25. The highest BCUT2D eigenvalue weighted by molar-refractivity contribution is 5.77. The molecule has 120 valence electrons. The Morgan fingerprint density at radius 2 is 2.17 bits per heavy atom. The lowest BCUT2D eigenvalue weighted by molar-refractivity contribution is -0.122. The molecule has 1 aromatic heterocycles. The van der Waals surface area contributed by atoms with Gasteiger partial charge in [-0.15, -0.1) is 0 Å². The van der Waals surface area contributed by atoms with Gasteiger partial charge in [0.1, 0.15) is 5.82 Å². The van der Waals surface area contributed by atoms with Crippen LogP contribution >= 0.6 is 0 Å². The minimum atomic E-state index is 0.195. The third kappa shape index (κ3) is 3.03. The first-order valence-corrected chi connectivity index (χ1v) is 8.67. The minimum absolute atomic E-state index is 0.195. The van der Waals surface area contributed by atoms with Crippen LogP contribution in [0, 0.1) is 0 Å². The highest BCUT2D eigenvalue weighted by Crippen LogP contribution is 2.33. The second-order valence-electron chi connectivity index (χ2n) is 6.79. The zero-order valence-electron chi connectivity index (χ0n) is 13.4. The lowest BCUT2D eigenvalue weighted by Gasteiger charge is -2.28. The number of aromatic nitrogens is 2. The largest absolute Gasteiger partial charge is 0.352 e. The van der Waals surface area contributed by atoms with Crippen molar-refractivity contribution in [2.24, 2.45) is 0 Å². The molecule has 2 aromatic rings. The maximum atomic E-state index is 12.5. The maximum absolute atomic E-state index is 12.5. The second-order valence-corrected chi connectivity index (χ2v) is 6.79. The van der Waals surface area contributed by atoms with Crippen LogP contribution in [0.1, 0.15) is 48.6 Å². The van der Waals surface area contributed by atoms with Crippen LogP contribution in [0.4, 0.5) is 0 Å². The molecule has 0 fully saturated rings. The third-order valence-corrected chi connectivity index (χ3v) is 5.23. The molecule has 2 aliphatic rings.